The minimum atomic E-state index is -0.673. The van der Waals surface area contributed by atoms with Crippen LogP contribution in [-0.2, 0) is 10.2 Å². The number of benzene rings is 2. The maximum Gasteiger partial charge on any atom is 0.119 e. The minimum absolute atomic E-state index is 0.149. The van der Waals surface area contributed by atoms with Crippen LogP contribution in [0, 0.1) is 0 Å². The van der Waals surface area contributed by atoms with E-state index in [9.17, 15) is 10.2 Å². The highest BCUT2D eigenvalue weighted by Crippen LogP contribution is 2.33. The number of ether oxygens (including phenoxy) is 3. The van der Waals surface area contributed by atoms with Crippen molar-refractivity contribution < 1.29 is 24.4 Å². The quantitative estimate of drug-likeness (QED) is 0.326. The summed E-state index contributed by atoms with van der Waals surface area (Å²) >= 11 is 5.59. The van der Waals surface area contributed by atoms with Crippen molar-refractivity contribution in [3.8, 4) is 11.5 Å². The zero-order valence-electron chi connectivity index (χ0n) is 18.7. The van der Waals surface area contributed by atoms with Crippen molar-refractivity contribution in [2.45, 2.75) is 51.2 Å². The Bertz CT molecular complexity index is 746. The monoisotopic (exact) mass is 450 g/mol. The van der Waals surface area contributed by atoms with E-state index in [-0.39, 0.29) is 31.1 Å². The average Bonchev–Trinajstić information content (AvgIpc) is 2.79. The van der Waals surface area contributed by atoms with E-state index in [0.717, 1.165) is 24.0 Å². The smallest absolute Gasteiger partial charge is 0.119 e. The zero-order valence-corrected chi connectivity index (χ0v) is 19.5. The van der Waals surface area contributed by atoms with Crippen LogP contribution in [0.2, 0.25) is 0 Å². The van der Waals surface area contributed by atoms with Gasteiger partial charge < -0.3 is 24.4 Å². The summed E-state index contributed by atoms with van der Waals surface area (Å²) in [6.07, 6.45) is 0.761. The molecular weight excluding hydrogens is 416 g/mol. The number of aliphatic hydroxyl groups excluding tert-OH is 2. The highest BCUT2D eigenvalue weighted by Gasteiger charge is 2.23. The predicted octanol–water partition coefficient (Wildman–Crippen LogP) is 4.55. The van der Waals surface area contributed by atoms with E-state index in [2.05, 4.69) is 20.8 Å². The van der Waals surface area contributed by atoms with Crippen molar-refractivity contribution in [3.63, 3.8) is 0 Å². The molecule has 2 rings (SSSR count). The van der Waals surface area contributed by atoms with Crippen molar-refractivity contribution in [1.29, 1.82) is 0 Å². The summed E-state index contributed by atoms with van der Waals surface area (Å²) in [6, 6.07) is 15.8. The van der Waals surface area contributed by atoms with E-state index in [1.807, 2.05) is 48.5 Å². The predicted molar refractivity (Wildman–Crippen MR) is 124 cm³/mol. The Morgan fingerprint density at radius 1 is 0.806 bits per heavy atom. The second-order valence-electron chi connectivity index (χ2n) is 8.19. The van der Waals surface area contributed by atoms with Crippen LogP contribution >= 0.6 is 11.6 Å². The van der Waals surface area contributed by atoms with Crippen LogP contribution in [0.5, 0.6) is 11.5 Å². The molecule has 2 aromatic rings. The molecule has 0 bridgehead atoms. The van der Waals surface area contributed by atoms with Crippen LogP contribution in [0.1, 0.15) is 44.7 Å². The summed E-state index contributed by atoms with van der Waals surface area (Å²) in [5.74, 6) is 1.56. The molecule has 2 atom stereocenters. The van der Waals surface area contributed by atoms with Crippen LogP contribution in [0.3, 0.4) is 0 Å². The number of hydrogen-bond donors (Lipinski definition) is 2. The molecule has 0 amide bonds. The van der Waals surface area contributed by atoms with Gasteiger partial charge in [0.05, 0.1) is 12.5 Å². The molecule has 2 N–H and O–H groups in total. The topological polar surface area (TPSA) is 68.2 Å². The van der Waals surface area contributed by atoms with Gasteiger partial charge in [0, 0.05) is 12.0 Å². The summed E-state index contributed by atoms with van der Waals surface area (Å²) in [5, 5.41) is 19.5. The molecule has 0 spiro atoms. The largest absolute Gasteiger partial charge is 0.491 e. The number of rotatable bonds is 14. The summed E-state index contributed by atoms with van der Waals surface area (Å²) in [7, 11) is 0. The van der Waals surface area contributed by atoms with Gasteiger partial charge in [0.1, 0.15) is 36.9 Å². The molecule has 0 fully saturated rings. The molecule has 31 heavy (non-hydrogen) atoms. The molecule has 0 saturated heterocycles. The third-order valence-electron chi connectivity index (χ3n) is 5.17. The summed E-state index contributed by atoms with van der Waals surface area (Å²) in [6.45, 7) is 7.76. The fourth-order valence-electron chi connectivity index (χ4n) is 3.05. The van der Waals surface area contributed by atoms with Crippen molar-refractivity contribution in [2.75, 3.05) is 32.3 Å². The molecule has 2 aromatic carbocycles. The second kappa shape index (κ2) is 12.9. The maximum atomic E-state index is 9.97. The normalized spacial score (nSPS) is 13.6. The maximum absolute atomic E-state index is 9.97. The van der Waals surface area contributed by atoms with E-state index in [1.165, 1.54) is 0 Å². The Morgan fingerprint density at radius 3 is 1.74 bits per heavy atom. The lowest BCUT2D eigenvalue weighted by atomic mass is 9.78. The number of alkyl halides is 1. The van der Waals surface area contributed by atoms with Crippen LogP contribution in [-0.4, -0.2) is 54.7 Å². The summed E-state index contributed by atoms with van der Waals surface area (Å²) < 4.78 is 16.7. The minimum Gasteiger partial charge on any atom is -0.491 e. The molecule has 0 aromatic heterocycles. The molecule has 0 aliphatic rings. The SMILES string of the molecule is CCCCOC[C@@H](O)COc1ccc(C(C)(C)c2ccc(OC[C@@H](O)CCl)cc2)cc1. The number of unbranched alkanes of at least 4 members (excludes halogenated alkanes) is 1. The highest BCUT2D eigenvalue weighted by atomic mass is 35.5. The Balaban J connectivity index is 1.90. The third kappa shape index (κ3) is 8.34. The van der Waals surface area contributed by atoms with Gasteiger partial charge in [-0.15, -0.1) is 11.6 Å². The average molecular weight is 451 g/mol. The fourth-order valence-corrected chi connectivity index (χ4v) is 3.13. The molecule has 6 heteroatoms. The van der Waals surface area contributed by atoms with Gasteiger partial charge in [0.25, 0.3) is 0 Å². The standard InChI is InChI=1S/C25H35ClO5/c1-4-5-14-29-16-22(28)18-31-24-12-8-20(9-13-24)25(2,3)19-6-10-23(11-7-19)30-17-21(27)15-26/h6-13,21-22,27-28H,4-5,14-18H2,1-3H3/t21-,22+/m0/s1. The van der Waals surface area contributed by atoms with Crippen LogP contribution in [0.4, 0.5) is 0 Å². The number of halogens is 1. The fraction of sp³-hybridized carbons (Fsp3) is 0.520. The lowest BCUT2D eigenvalue weighted by Crippen LogP contribution is -2.23. The lowest BCUT2D eigenvalue weighted by molar-refractivity contribution is 0.0113. The first kappa shape index (κ1) is 25.5. The first-order valence-corrected chi connectivity index (χ1v) is 11.4. The van der Waals surface area contributed by atoms with Gasteiger partial charge in [-0.1, -0.05) is 51.5 Å². The van der Waals surface area contributed by atoms with Gasteiger partial charge in [-0.05, 0) is 41.8 Å². The Morgan fingerprint density at radius 2 is 1.29 bits per heavy atom. The van der Waals surface area contributed by atoms with Gasteiger partial charge in [-0.3, -0.25) is 0 Å². The Kier molecular flexibility index (Phi) is 10.6. The Hall–Kier alpha value is -1.79. The van der Waals surface area contributed by atoms with Gasteiger partial charge in [-0.2, -0.15) is 0 Å². The summed E-state index contributed by atoms with van der Waals surface area (Å²) in [5.41, 5.74) is 2.08. The highest BCUT2D eigenvalue weighted by molar-refractivity contribution is 6.18. The first-order valence-electron chi connectivity index (χ1n) is 10.8. The summed E-state index contributed by atoms with van der Waals surface area (Å²) in [4.78, 5) is 0. The van der Waals surface area contributed by atoms with Gasteiger partial charge in [-0.25, -0.2) is 0 Å². The van der Waals surface area contributed by atoms with Crippen LogP contribution < -0.4 is 9.47 Å². The van der Waals surface area contributed by atoms with Gasteiger partial charge in [0.2, 0.25) is 0 Å². The van der Waals surface area contributed by atoms with E-state index >= 15 is 0 Å². The van der Waals surface area contributed by atoms with E-state index in [0.29, 0.717) is 18.1 Å². The van der Waals surface area contributed by atoms with Crippen molar-refractivity contribution >= 4 is 11.6 Å². The molecule has 0 aliphatic heterocycles. The lowest BCUT2D eigenvalue weighted by Gasteiger charge is -2.26. The van der Waals surface area contributed by atoms with Crippen molar-refractivity contribution in [1.82, 2.24) is 0 Å². The molecule has 0 unspecified atom stereocenters. The van der Waals surface area contributed by atoms with Crippen LogP contribution in [0.15, 0.2) is 48.5 Å². The molecule has 5 nitrogen and oxygen atoms in total. The number of aliphatic hydroxyl groups is 2. The third-order valence-corrected chi connectivity index (χ3v) is 5.52. The molecule has 0 radical (unpaired) electrons. The van der Waals surface area contributed by atoms with Gasteiger partial charge >= 0.3 is 0 Å². The second-order valence-corrected chi connectivity index (χ2v) is 8.49. The first-order chi connectivity index (χ1) is 14.9. The Labute approximate surface area is 190 Å². The molecule has 172 valence electrons. The van der Waals surface area contributed by atoms with Crippen molar-refractivity contribution in [2.24, 2.45) is 0 Å². The molecular formula is C25H35ClO5. The molecule has 0 heterocycles. The molecule has 0 saturated carbocycles. The van der Waals surface area contributed by atoms with Gasteiger partial charge in [0.15, 0.2) is 0 Å². The zero-order chi connectivity index (χ0) is 22.7. The van der Waals surface area contributed by atoms with Crippen molar-refractivity contribution in [3.05, 3.63) is 59.7 Å². The van der Waals surface area contributed by atoms with E-state index in [4.69, 9.17) is 25.8 Å². The van der Waals surface area contributed by atoms with E-state index < -0.39 is 12.2 Å². The number of hydrogen-bond acceptors (Lipinski definition) is 5. The van der Waals surface area contributed by atoms with Crippen LogP contribution in [0.25, 0.3) is 0 Å². The molecule has 0 aliphatic carbocycles. The van der Waals surface area contributed by atoms with E-state index in [1.54, 1.807) is 0 Å².